The summed E-state index contributed by atoms with van der Waals surface area (Å²) in [5.74, 6) is -0.708. The average molecular weight is 642 g/mol. The Morgan fingerprint density at radius 1 is 0.711 bits per heavy atom. The van der Waals surface area contributed by atoms with E-state index in [2.05, 4.69) is 96.9 Å². The fraction of sp³-hybridized carbons (Fsp3) is 0.594. The van der Waals surface area contributed by atoms with Crippen LogP contribution < -0.4 is 0 Å². The van der Waals surface area contributed by atoms with Crippen LogP contribution in [0.3, 0.4) is 0 Å². The van der Waals surface area contributed by atoms with Crippen LogP contribution >= 0.6 is 44.3 Å². The molecule has 0 aliphatic heterocycles. The Bertz CT molecular complexity index is 860. The minimum absolute atomic E-state index is 0.196. The van der Waals surface area contributed by atoms with Crippen molar-refractivity contribution in [2.75, 3.05) is 24.6 Å². The molecule has 0 atom stereocenters. The Labute approximate surface area is 249 Å². The van der Waals surface area contributed by atoms with E-state index < -0.39 is 11.3 Å². The van der Waals surface area contributed by atoms with Crippen molar-refractivity contribution in [1.29, 1.82) is 0 Å². The van der Waals surface area contributed by atoms with E-state index >= 15 is 0 Å². The molecule has 0 amide bonds. The summed E-state index contributed by atoms with van der Waals surface area (Å²) >= 11 is 8.32. The van der Waals surface area contributed by atoms with Gasteiger partial charge in [0.15, 0.2) is 0 Å². The molecule has 2 rings (SSSR count). The van der Waals surface area contributed by atoms with Crippen LogP contribution in [0.15, 0.2) is 70.5 Å². The summed E-state index contributed by atoms with van der Waals surface area (Å²) in [6.45, 7) is 6.98. The molecule has 2 aromatic carbocycles. The summed E-state index contributed by atoms with van der Waals surface area (Å²) < 4.78 is -0.208. The quantitative estimate of drug-likeness (QED) is 0.0637. The van der Waals surface area contributed by atoms with Crippen LogP contribution in [0, 0.1) is 0 Å². The molecule has 0 spiro atoms. The summed E-state index contributed by atoms with van der Waals surface area (Å²) in [7, 11) is 0. The Morgan fingerprint density at radius 3 is 1.53 bits per heavy atom. The molecule has 6 heteroatoms. The molecule has 0 aliphatic rings. The van der Waals surface area contributed by atoms with Gasteiger partial charge in [0.05, 0.1) is 0 Å². The van der Waals surface area contributed by atoms with Crippen molar-refractivity contribution in [1.82, 2.24) is 0 Å². The molecule has 38 heavy (non-hydrogen) atoms. The Kier molecular flexibility index (Phi) is 15.4. The van der Waals surface area contributed by atoms with Gasteiger partial charge >= 0.3 is 251 Å². The van der Waals surface area contributed by atoms with Crippen LogP contribution in [0.2, 0.25) is 0 Å². The first-order chi connectivity index (χ1) is 18.3. The average Bonchev–Trinajstić information content (AvgIpc) is 2.93. The van der Waals surface area contributed by atoms with Gasteiger partial charge in [-0.15, -0.1) is 0 Å². The van der Waals surface area contributed by atoms with Gasteiger partial charge in [-0.1, -0.05) is 0 Å². The predicted octanol–water partition coefficient (Wildman–Crippen LogP) is 11.6. The summed E-state index contributed by atoms with van der Waals surface area (Å²) in [4.78, 5) is 14.2. The summed E-state index contributed by atoms with van der Waals surface area (Å²) in [6.07, 6.45) is 17.4. The molecule has 2 aromatic rings. The first kappa shape index (κ1) is 33.7. The zero-order chi connectivity index (χ0) is 27.8. The van der Waals surface area contributed by atoms with Crippen molar-refractivity contribution >= 4 is 50.3 Å². The Hall–Kier alpha value is -0.480. The van der Waals surface area contributed by atoms with Gasteiger partial charge < -0.3 is 0 Å². The molecule has 1 N–H and O–H groups in total. The van der Waals surface area contributed by atoms with Gasteiger partial charge in [-0.05, 0) is 0 Å². The molecule has 2 nitrogen and oxygen atoms in total. The number of halogens is 1. The normalized spacial score (nSPS) is 13.2. The van der Waals surface area contributed by atoms with E-state index in [1.54, 1.807) is 0 Å². The zero-order valence-electron chi connectivity index (χ0n) is 23.9. The second kappa shape index (κ2) is 17.4. The molecular weight excluding hydrogens is 591 g/mol. The van der Waals surface area contributed by atoms with Gasteiger partial charge in [0.1, 0.15) is 0 Å². The topological polar surface area (TPSA) is 37.3 Å². The van der Waals surface area contributed by atoms with Crippen LogP contribution in [0.25, 0.3) is 0 Å². The number of carbonyl (C=O) groups is 1. The molecule has 0 heterocycles. The second-order valence-electron chi connectivity index (χ2n) is 10.9. The number of hydrogen-bond donors (Lipinski definition) is 1. The first-order valence-corrected chi connectivity index (χ1v) is 21.3. The fourth-order valence-electron chi connectivity index (χ4n) is 5.29. The van der Waals surface area contributed by atoms with E-state index in [4.69, 9.17) is 0 Å². The number of benzene rings is 2. The van der Waals surface area contributed by atoms with E-state index in [-0.39, 0.29) is 10.5 Å². The van der Waals surface area contributed by atoms with Gasteiger partial charge in [-0.25, -0.2) is 0 Å². The molecule has 0 unspecified atom stereocenters. The molecular formula is C32H50BrO2PS2. The third-order valence-electron chi connectivity index (χ3n) is 7.55. The van der Waals surface area contributed by atoms with Crippen molar-refractivity contribution in [3.63, 3.8) is 0 Å². The SMILES string of the molecule is CCCCP(Br)(CCCC)(CCCC)CCCCC(CCC(=O)O)(Sc1ccccc1)Sc1ccccc1. The number of thioether (sulfide) groups is 2. The van der Waals surface area contributed by atoms with Crippen LogP contribution in [0.1, 0.15) is 91.4 Å². The molecule has 0 aromatic heterocycles. The van der Waals surface area contributed by atoms with Gasteiger partial charge in [0, 0.05) is 0 Å². The Balaban J connectivity index is 2.27. The number of hydrogen-bond acceptors (Lipinski definition) is 3. The number of carboxylic acid groups (broad SMARTS) is 1. The number of rotatable bonds is 21. The maximum atomic E-state index is 11.7. The molecule has 0 aliphatic carbocycles. The van der Waals surface area contributed by atoms with Crippen molar-refractivity contribution in [2.45, 2.75) is 105 Å². The van der Waals surface area contributed by atoms with Crippen LogP contribution in [0.4, 0.5) is 0 Å². The van der Waals surface area contributed by atoms with Crippen molar-refractivity contribution in [3.8, 4) is 0 Å². The van der Waals surface area contributed by atoms with E-state index in [1.807, 2.05) is 23.5 Å². The summed E-state index contributed by atoms with van der Waals surface area (Å²) in [6, 6.07) is 21.1. The fourth-order valence-corrected chi connectivity index (χ4v) is 17.1. The van der Waals surface area contributed by atoms with Gasteiger partial charge in [0.2, 0.25) is 0 Å². The summed E-state index contributed by atoms with van der Waals surface area (Å²) in [5.41, 5.74) is 0. The van der Waals surface area contributed by atoms with Crippen molar-refractivity contribution < 1.29 is 9.90 Å². The molecule has 0 saturated carbocycles. The van der Waals surface area contributed by atoms with Gasteiger partial charge in [-0.3, -0.25) is 0 Å². The van der Waals surface area contributed by atoms with Gasteiger partial charge in [0.25, 0.3) is 0 Å². The Morgan fingerprint density at radius 2 is 1.13 bits per heavy atom. The predicted molar refractivity (Wildman–Crippen MR) is 178 cm³/mol. The second-order valence-corrected chi connectivity index (χ2v) is 25.5. The van der Waals surface area contributed by atoms with Crippen LogP contribution in [-0.4, -0.2) is 39.8 Å². The number of aliphatic carboxylic acids is 1. The summed E-state index contributed by atoms with van der Waals surface area (Å²) in [5, 5.41) is 7.72. The van der Waals surface area contributed by atoms with E-state index in [1.165, 1.54) is 79.4 Å². The van der Waals surface area contributed by atoms with E-state index in [0.29, 0.717) is 6.42 Å². The van der Waals surface area contributed by atoms with Crippen molar-refractivity contribution in [3.05, 3.63) is 60.7 Å². The molecule has 0 bridgehead atoms. The number of unbranched alkanes of at least 4 members (excludes halogenated alkanes) is 4. The van der Waals surface area contributed by atoms with Crippen molar-refractivity contribution in [2.24, 2.45) is 0 Å². The van der Waals surface area contributed by atoms with Crippen LogP contribution in [-0.2, 0) is 4.79 Å². The van der Waals surface area contributed by atoms with E-state index in [0.717, 1.165) is 12.8 Å². The van der Waals surface area contributed by atoms with Gasteiger partial charge in [-0.2, -0.15) is 0 Å². The third-order valence-corrected chi connectivity index (χ3v) is 20.6. The maximum absolute atomic E-state index is 11.7. The standard InChI is InChI=1S/C32H50BrO2PS2/c1-4-7-25-36(33,26-8-5-2,27-9-6-3)28-17-16-23-32(24-22-31(34)35,37-29-18-12-10-13-19-29)38-30-20-14-11-15-21-30/h10-15,18-21H,4-9,16-17,22-28H2,1-3H3,(H,34,35). The molecule has 0 radical (unpaired) electrons. The third kappa shape index (κ3) is 11.9. The molecule has 214 valence electrons. The molecule has 0 saturated heterocycles. The van der Waals surface area contributed by atoms with E-state index in [9.17, 15) is 9.90 Å². The zero-order valence-corrected chi connectivity index (χ0v) is 28.0. The first-order valence-electron chi connectivity index (χ1n) is 14.7. The molecule has 0 fully saturated rings. The minimum atomic E-state index is -1.93. The van der Waals surface area contributed by atoms with Crippen LogP contribution in [0.5, 0.6) is 0 Å². The monoisotopic (exact) mass is 640 g/mol. The number of carboxylic acids is 1.